The van der Waals surface area contributed by atoms with Gasteiger partial charge in [0.2, 0.25) is 11.9 Å². The average molecular weight is 449 g/mol. The van der Waals surface area contributed by atoms with Gasteiger partial charge in [-0.05, 0) is 43.7 Å². The highest BCUT2D eigenvalue weighted by atomic mass is 32.1. The summed E-state index contributed by atoms with van der Waals surface area (Å²) in [6.45, 7) is 0.554. The number of aryl methyl sites for hydroxylation is 1. The number of aliphatic carboxylic acids is 2. The number of rotatable bonds is 9. The maximum Gasteiger partial charge on any atom is 0.326 e. The summed E-state index contributed by atoms with van der Waals surface area (Å²) in [4.78, 5) is 56.1. The number of nitrogens with two attached hydrogens (primary N) is 1. The molecule has 1 aromatic heterocycles. The van der Waals surface area contributed by atoms with E-state index >= 15 is 0 Å². The normalized spacial score (nSPS) is 21.2. The quantitative estimate of drug-likeness (QED) is 0.357. The van der Waals surface area contributed by atoms with Gasteiger partial charge >= 0.3 is 11.9 Å². The molecule has 2 amide bonds. The molecule has 3 heterocycles. The first-order valence-electron chi connectivity index (χ1n) is 9.76. The molecule has 0 saturated carbocycles. The molecule has 3 atom stereocenters. The molecule has 0 aromatic carbocycles. The number of carbonyl (C=O) groups is 4. The van der Waals surface area contributed by atoms with E-state index in [2.05, 4.69) is 20.6 Å². The number of guanidine groups is 1. The van der Waals surface area contributed by atoms with E-state index in [0.717, 1.165) is 11.3 Å². The Morgan fingerprint density at radius 3 is 2.81 bits per heavy atom. The number of thiophene rings is 1. The van der Waals surface area contributed by atoms with Crippen LogP contribution >= 0.6 is 11.3 Å². The predicted octanol–water partition coefficient (Wildman–Crippen LogP) is 0.208. The van der Waals surface area contributed by atoms with Gasteiger partial charge in [0.1, 0.15) is 11.9 Å². The minimum absolute atomic E-state index is 0.0657. The van der Waals surface area contributed by atoms with Crippen molar-refractivity contribution in [2.45, 2.75) is 38.1 Å². The van der Waals surface area contributed by atoms with E-state index < -0.39 is 29.8 Å². The van der Waals surface area contributed by atoms with Crippen molar-refractivity contribution in [3.8, 4) is 0 Å². The Balaban J connectivity index is 1.53. The molecular formula is C19H23N5O6S. The van der Waals surface area contributed by atoms with Gasteiger partial charge in [0, 0.05) is 17.8 Å². The predicted molar refractivity (Wildman–Crippen MR) is 112 cm³/mol. The number of carboxylic acids is 2. The lowest BCUT2D eigenvalue weighted by molar-refractivity contribution is -0.140. The fraction of sp³-hybridized carbons (Fsp3) is 0.474. The molecule has 6 N–H and O–H groups in total. The van der Waals surface area contributed by atoms with Crippen molar-refractivity contribution < 1.29 is 29.4 Å². The van der Waals surface area contributed by atoms with Gasteiger partial charge in [-0.1, -0.05) is 0 Å². The van der Waals surface area contributed by atoms with Crippen LogP contribution in [-0.4, -0.2) is 58.3 Å². The van der Waals surface area contributed by atoms with Gasteiger partial charge < -0.3 is 21.3 Å². The molecule has 0 radical (unpaired) electrons. The minimum Gasteiger partial charge on any atom is -0.481 e. The second kappa shape index (κ2) is 9.69. The first-order valence-corrected chi connectivity index (χ1v) is 10.6. The number of carbonyl (C=O) groups excluding carboxylic acids is 2. The highest BCUT2D eigenvalue weighted by Crippen LogP contribution is 2.28. The summed E-state index contributed by atoms with van der Waals surface area (Å²) in [5, 5.41) is 22.8. The van der Waals surface area contributed by atoms with E-state index in [1.807, 2.05) is 6.07 Å². The van der Waals surface area contributed by atoms with Crippen molar-refractivity contribution in [3.63, 3.8) is 0 Å². The van der Waals surface area contributed by atoms with Crippen molar-refractivity contribution >= 4 is 46.9 Å². The fourth-order valence-electron chi connectivity index (χ4n) is 3.49. The average Bonchev–Trinajstić information content (AvgIpc) is 3.18. The van der Waals surface area contributed by atoms with Crippen LogP contribution in [0.15, 0.2) is 22.1 Å². The number of fused-ring (bicyclic) bond motifs is 1. The number of nitrogens with one attached hydrogen (secondary N) is 2. The molecule has 0 spiro atoms. The number of hydrogen-bond donors (Lipinski definition) is 5. The van der Waals surface area contributed by atoms with Crippen LogP contribution in [0.4, 0.5) is 0 Å². The fourth-order valence-corrected chi connectivity index (χ4v) is 4.42. The van der Waals surface area contributed by atoms with Crippen molar-refractivity contribution in [2.75, 3.05) is 6.54 Å². The third kappa shape index (κ3) is 5.87. The number of nitrogens with zero attached hydrogens (tertiary/aromatic N) is 2. The Morgan fingerprint density at radius 2 is 2.10 bits per heavy atom. The molecule has 12 heteroatoms. The molecule has 3 rings (SSSR count). The van der Waals surface area contributed by atoms with Crippen LogP contribution in [-0.2, 0) is 20.8 Å². The van der Waals surface area contributed by atoms with Gasteiger partial charge in [0.25, 0.3) is 5.91 Å². The largest absolute Gasteiger partial charge is 0.481 e. The molecule has 0 aliphatic carbocycles. The van der Waals surface area contributed by atoms with Crippen LogP contribution in [0.3, 0.4) is 0 Å². The Bertz CT molecular complexity index is 955. The van der Waals surface area contributed by atoms with Gasteiger partial charge in [0.15, 0.2) is 0 Å². The lowest BCUT2D eigenvalue weighted by Gasteiger charge is -2.28. The standard InChI is InChI=1S/C19H23N5O6S/c20-19-23-15-11(16(27)24-19)7-9(8-21-15)1-2-10-3-5-13(31-10)17(28)22-12(18(29)30)4-6-14(25)26/h3,5,9,11-12H,1-2,4,6-8H2,(H,22,28)(H,25,26)(H,29,30)(H3,20,21,23,24,27)/t9?,11?,12-/m0/s1. The van der Waals surface area contributed by atoms with Crippen LogP contribution in [0.2, 0.25) is 0 Å². The SMILES string of the molecule is NC1=NC2=NCC(CCc3ccc(C(=O)N[C@@H](CCC(=O)O)C(=O)O)s3)CC2C(=O)N1. The molecule has 0 fully saturated rings. The molecule has 2 aliphatic rings. The Morgan fingerprint density at radius 1 is 1.32 bits per heavy atom. The summed E-state index contributed by atoms with van der Waals surface area (Å²) in [5.74, 6) is -2.80. The lowest BCUT2D eigenvalue weighted by atomic mass is 9.86. The van der Waals surface area contributed by atoms with Crippen molar-refractivity contribution in [1.29, 1.82) is 0 Å². The van der Waals surface area contributed by atoms with Crippen molar-refractivity contribution in [3.05, 3.63) is 21.9 Å². The smallest absolute Gasteiger partial charge is 0.326 e. The van der Waals surface area contributed by atoms with E-state index in [1.165, 1.54) is 11.3 Å². The van der Waals surface area contributed by atoms with E-state index in [0.29, 0.717) is 30.1 Å². The Labute approximate surface area is 181 Å². The van der Waals surface area contributed by atoms with Gasteiger partial charge in [-0.3, -0.25) is 24.7 Å². The van der Waals surface area contributed by atoms with Crippen LogP contribution < -0.4 is 16.4 Å². The van der Waals surface area contributed by atoms with E-state index in [-0.39, 0.29) is 30.6 Å². The zero-order valence-corrected chi connectivity index (χ0v) is 17.4. The molecule has 2 unspecified atom stereocenters. The highest BCUT2D eigenvalue weighted by Gasteiger charge is 2.34. The number of amidine groups is 1. The summed E-state index contributed by atoms with van der Waals surface area (Å²) >= 11 is 1.26. The first-order chi connectivity index (χ1) is 14.7. The van der Waals surface area contributed by atoms with Crippen LogP contribution in [0.1, 0.15) is 40.2 Å². The van der Waals surface area contributed by atoms with Crippen molar-refractivity contribution in [2.24, 2.45) is 27.6 Å². The third-order valence-electron chi connectivity index (χ3n) is 5.13. The van der Waals surface area contributed by atoms with Crippen LogP contribution in [0, 0.1) is 11.8 Å². The lowest BCUT2D eigenvalue weighted by Crippen LogP contribution is -2.49. The van der Waals surface area contributed by atoms with Gasteiger partial charge in [-0.2, -0.15) is 4.99 Å². The number of hydrogen-bond acceptors (Lipinski definition) is 8. The summed E-state index contributed by atoms with van der Waals surface area (Å²) in [7, 11) is 0. The zero-order valence-electron chi connectivity index (χ0n) is 16.5. The molecule has 2 aliphatic heterocycles. The minimum atomic E-state index is -1.28. The zero-order chi connectivity index (χ0) is 22.5. The van der Waals surface area contributed by atoms with Gasteiger partial charge in [-0.25, -0.2) is 4.79 Å². The maximum atomic E-state index is 12.3. The molecular weight excluding hydrogens is 426 g/mol. The summed E-state index contributed by atoms with van der Waals surface area (Å²) in [6.07, 6.45) is 1.55. The summed E-state index contributed by atoms with van der Waals surface area (Å²) in [6, 6.07) is 2.17. The number of aliphatic imine (C=N–C) groups is 2. The Hall–Kier alpha value is -3.28. The van der Waals surface area contributed by atoms with E-state index in [1.54, 1.807) is 6.07 Å². The molecule has 166 valence electrons. The van der Waals surface area contributed by atoms with Crippen LogP contribution in [0.5, 0.6) is 0 Å². The summed E-state index contributed by atoms with van der Waals surface area (Å²) < 4.78 is 0. The highest BCUT2D eigenvalue weighted by molar-refractivity contribution is 7.14. The monoisotopic (exact) mass is 449 g/mol. The summed E-state index contributed by atoms with van der Waals surface area (Å²) in [5.41, 5.74) is 5.55. The number of amides is 2. The second-order valence-corrected chi connectivity index (χ2v) is 8.61. The maximum absolute atomic E-state index is 12.3. The second-order valence-electron chi connectivity index (χ2n) is 7.44. The molecule has 1 aromatic rings. The van der Waals surface area contributed by atoms with E-state index in [9.17, 15) is 24.3 Å². The molecule has 11 nitrogen and oxygen atoms in total. The van der Waals surface area contributed by atoms with E-state index in [4.69, 9.17) is 10.8 Å². The topological polar surface area (TPSA) is 184 Å². The third-order valence-corrected chi connectivity index (χ3v) is 6.27. The Kier molecular flexibility index (Phi) is 7.00. The molecule has 31 heavy (non-hydrogen) atoms. The van der Waals surface area contributed by atoms with Gasteiger partial charge in [0.05, 0.1) is 10.8 Å². The molecule has 0 saturated heterocycles. The van der Waals surface area contributed by atoms with Crippen LogP contribution in [0.25, 0.3) is 0 Å². The number of carboxylic acid groups (broad SMARTS) is 2. The first kappa shape index (κ1) is 22.4. The van der Waals surface area contributed by atoms with Crippen molar-refractivity contribution in [1.82, 2.24) is 10.6 Å². The van der Waals surface area contributed by atoms with Gasteiger partial charge in [-0.15, -0.1) is 11.3 Å². The molecule has 0 bridgehead atoms.